The van der Waals surface area contributed by atoms with Crippen LogP contribution in [0.2, 0.25) is 0 Å². The van der Waals surface area contributed by atoms with Crippen molar-refractivity contribution in [3.8, 4) is 0 Å². The van der Waals surface area contributed by atoms with Crippen LogP contribution in [0.25, 0.3) is 10.5 Å². The molecule has 0 heterocycles. The van der Waals surface area contributed by atoms with Crippen molar-refractivity contribution < 1.29 is 8.76 Å². The summed E-state index contributed by atoms with van der Waals surface area (Å²) < 4.78 is 22.1. The Balaban J connectivity index is 2.19. The molecule has 0 fully saturated rings. The van der Waals surface area contributed by atoms with Gasteiger partial charge in [0.05, 0.1) is 4.91 Å². The Morgan fingerprint density at radius 3 is 1.67 bits per heavy atom. The molecule has 2 nitrogen and oxygen atoms in total. The van der Waals surface area contributed by atoms with Crippen molar-refractivity contribution >= 4 is 21.6 Å². The molecular weight excluding hydrogens is 316 g/mol. The van der Waals surface area contributed by atoms with E-state index in [9.17, 15) is 8.76 Å². The average Bonchev–Trinajstić information content (AvgIpc) is 2.63. The normalized spacial score (nSPS) is 13.2. The first-order valence-corrected chi connectivity index (χ1v) is 8.85. The summed E-state index contributed by atoms with van der Waals surface area (Å²) in [5.74, 6) is 0. The number of allylic oxidation sites excluding steroid dienone is 1. The summed E-state index contributed by atoms with van der Waals surface area (Å²) in [6, 6.07) is 29.2. The molecule has 0 aliphatic rings. The Bertz CT molecular complexity index is 841. The Labute approximate surface area is 144 Å². The van der Waals surface area contributed by atoms with E-state index in [1.54, 1.807) is 0 Å². The van der Waals surface area contributed by atoms with Gasteiger partial charge in [0.15, 0.2) is 11.1 Å². The predicted molar refractivity (Wildman–Crippen MR) is 101 cm³/mol. The number of benzene rings is 3. The zero-order valence-corrected chi connectivity index (χ0v) is 13.9. The van der Waals surface area contributed by atoms with Gasteiger partial charge in [-0.05, 0) is 28.7 Å². The van der Waals surface area contributed by atoms with Crippen LogP contribution in [0.15, 0.2) is 91.0 Å². The molecule has 3 rings (SSSR count). The second-order valence-corrected chi connectivity index (χ2v) is 6.36. The predicted octanol–water partition coefficient (Wildman–Crippen LogP) is 5.02. The van der Waals surface area contributed by atoms with Crippen LogP contribution in [0.3, 0.4) is 0 Å². The molecule has 3 aromatic carbocycles. The largest absolute Gasteiger partial charge is 0.302 e. The molecule has 1 atom stereocenters. The molecule has 0 aliphatic heterocycles. The molecule has 3 heteroatoms. The minimum absolute atomic E-state index is 0.464. The van der Waals surface area contributed by atoms with Gasteiger partial charge in [0.1, 0.15) is 0 Å². The summed E-state index contributed by atoms with van der Waals surface area (Å²) in [5, 5.41) is 0. The fourth-order valence-corrected chi connectivity index (χ4v) is 3.46. The van der Waals surface area contributed by atoms with Crippen LogP contribution < -0.4 is 0 Å². The van der Waals surface area contributed by atoms with Gasteiger partial charge in [-0.3, -0.25) is 0 Å². The first kappa shape index (κ1) is 16.4. The van der Waals surface area contributed by atoms with Crippen LogP contribution in [0, 0.1) is 0 Å². The molecule has 0 radical (unpaired) electrons. The topological polar surface area (TPSA) is 37.3 Å². The molecule has 0 spiro atoms. The standard InChI is InChI=1S/C21H18O2S/c22-24(23)21(19-14-8-3-9-15-19)20(18-12-6-2-7-13-18)16-17-10-4-1-5-11-17/h1-15H,16H2,(H,22,23). The van der Waals surface area contributed by atoms with E-state index in [1.165, 1.54) is 0 Å². The molecule has 1 N–H and O–H groups in total. The van der Waals surface area contributed by atoms with Crippen molar-refractivity contribution in [1.82, 2.24) is 0 Å². The second kappa shape index (κ2) is 7.86. The highest BCUT2D eigenvalue weighted by Crippen LogP contribution is 2.31. The monoisotopic (exact) mass is 334 g/mol. The number of hydrogen-bond donors (Lipinski definition) is 1. The Kier molecular flexibility index (Phi) is 5.36. The molecule has 3 aromatic rings. The fraction of sp³-hybridized carbons (Fsp3) is 0.0476. The van der Waals surface area contributed by atoms with Crippen LogP contribution in [0.1, 0.15) is 16.7 Å². The van der Waals surface area contributed by atoms with E-state index < -0.39 is 11.1 Å². The van der Waals surface area contributed by atoms with Gasteiger partial charge in [-0.1, -0.05) is 91.0 Å². The van der Waals surface area contributed by atoms with Gasteiger partial charge in [-0.15, -0.1) is 0 Å². The van der Waals surface area contributed by atoms with Crippen LogP contribution in [0.5, 0.6) is 0 Å². The summed E-state index contributed by atoms with van der Waals surface area (Å²) in [5.41, 5.74) is 3.71. The van der Waals surface area contributed by atoms with E-state index in [4.69, 9.17) is 0 Å². The van der Waals surface area contributed by atoms with Crippen molar-refractivity contribution in [3.05, 3.63) is 108 Å². The quantitative estimate of drug-likeness (QED) is 0.525. The molecule has 0 bridgehead atoms. The van der Waals surface area contributed by atoms with Gasteiger partial charge >= 0.3 is 0 Å². The van der Waals surface area contributed by atoms with Crippen molar-refractivity contribution in [3.63, 3.8) is 0 Å². The smallest absolute Gasteiger partial charge is 0.187 e. The van der Waals surface area contributed by atoms with Crippen molar-refractivity contribution in [2.45, 2.75) is 6.42 Å². The maximum atomic E-state index is 12.2. The highest BCUT2D eigenvalue weighted by atomic mass is 32.2. The Hall–Kier alpha value is -2.49. The van der Waals surface area contributed by atoms with Crippen LogP contribution in [-0.2, 0) is 17.5 Å². The lowest BCUT2D eigenvalue weighted by Crippen LogP contribution is -2.01. The lowest BCUT2D eigenvalue weighted by Gasteiger charge is -2.14. The van der Waals surface area contributed by atoms with Crippen LogP contribution >= 0.6 is 0 Å². The summed E-state index contributed by atoms with van der Waals surface area (Å²) in [6.07, 6.45) is 0.599. The summed E-state index contributed by atoms with van der Waals surface area (Å²) >= 11 is -2.08. The van der Waals surface area contributed by atoms with E-state index in [-0.39, 0.29) is 0 Å². The van der Waals surface area contributed by atoms with E-state index in [1.807, 2.05) is 91.0 Å². The second-order valence-electron chi connectivity index (χ2n) is 5.45. The zero-order chi connectivity index (χ0) is 16.8. The van der Waals surface area contributed by atoms with E-state index in [2.05, 4.69) is 0 Å². The highest BCUT2D eigenvalue weighted by molar-refractivity contribution is 7.89. The zero-order valence-electron chi connectivity index (χ0n) is 13.1. The minimum atomic E-state index is -2.08. The molecule has 0 amide bonds. The third-order valence-corrected chi connectivity index (χ3v) is 4.66. The summed E-state index contributed by atoms with van der Waals surface area (Å²) in [6.45, 7) is 0. The van der Waals surface area contributed by atoms with Gasteiger partial charge in [-0.2, -0.15) is 0 Å². The molecule has 0 saturated heterocycles. The molecule has 1 unspecified atom stereocenters. The number of rotatable bonds is 5. The molecule has 120 valence electrons. The third kappa shape index (κ3) is 3.88. The highest BCUT2D eigenvalue weighted by Gasteiger charge is 2.17. The van der Waals surface area contributed by atoms with Gasteiger partial charge < -0.3 is 4.55 Å². The third-order valence-electron chi connectivity index (χ3n) is 3.83. The summed E-state index contributed by atoms with van der Waals surface area (Å²) in [4.78, 5) is 0.464. The fourth-order valence-electron chi connectivity index (χ4n) is 2.72. The van der Waals surface area contributed by atoms with Crippen molar-refractivity contribution in [2.24, 2.45) is 0 Å². The summed E-state index contributed by atoms with van der Waals surface area (Å²) in [7, 11) is 0. The van der Waals surface area contributed by atoms with Gasteiger partial charge in [0, 0.05) is 0 Å². The van der Waals surface area contributed by atoms with Crippen molar-refractivity contribution in [1.29, 1.82) is 0 Å². The van der Waals surface area contributed by atoms with Crippen LogP contribution in [0.4, 0.5) is 0 Å². The minimum Gasteiger partial charge on any atom is -0.302 e. The molecular formula is C21H18O2S. The lowest BCUT2D eigenvalue weighted by atomic mass is 9.96. The Morgan fingerprint density at radius 1 is 0.708 bits per heavy atom. The van der Waals surface area contributed by atoms with E-state index in [0.717, 1.165) is 22.3 Å². The van der Waals surface area contributed by atoms with Gasteiger partial charge in [-0.25, -0.2) is 4.21 Å². The lowest BCUT2D eigenvalue weighted by molar-refractivity contribution is 0.575. The molecule has 0 saturated carbocycles. The van der Waals surface area contributed by atoms with Gasteiger partial charge in [0.2, 0.25) is 0 Å². The van der Waals surface area contributed by atoms with Gasteiger partial charge in [0.25, 0.3) is 0 Å². The maximum absolute atomic E-state index is 12.2. The maximum Gasteiger partial charge on any atom is 0.187 e. The van der Waals surface area contributed by atoms with E-state index in [0.29, 0.717) is 11.3 Å². The van der Waals surface area contributed by atoms with E-state index >= 15 is 0 Å². The van der Waals surface area contributed by atoms with Crippen molar-refractivity contribution in [2.75, 3.05) is 0 Å². The first-order chi connectivity index (χ1) is 11.8. The molecule has 24 heavy (non-hydrogen) atoms. The SMILES string of the molecule is O=S(O)C(=C(Cc1ccccc1)c1ccccc1)c1ccccc1. The number of hydrogen-bond acceptors (Lipinski definition) is 1. The molecule has 0 aliphatic carbocycles. The Morgan fingerprint density at radius 2 is 1.17 bits per heavy atom. The first-order valence-electron chi connectivity index (χ1n) is 7.74. The average molecular weight is 334 g/mol. The molecule has 0 aromatic heterocycles. The van der Waals surface area contributed by atoms with Crippen LogP contribution in [-0.4, -0.2) is 8.76 Å².